The molecular weight excluding hydrogens is 230 g/mol. The zero-order chi connectivity index (χ0) is 12.3. The molecule has 0 aliphatic heterocycles. The van der Waals surface area contributed by atoms with Crippen LogP contribution in [-0.2, 0) is 11.2 Å². The van der Waals surface area contributed by atoms with Gasteiger partial charge in [-0.1, -0.05) is 0 Å². The molecule has 1 N–H and O–H groups in total. The summed E-state index contributed by atoms with van der Waals surface area (Å²) in [5.41, 5.74) is 1.23. The number of aryl methyl sites for hydroxylation is 1. The van der Waals surface area contributed by atoms with Gasteiger partial charge in [-0.3, -0.25) is 4.79 Å². The zero-order valence-corrected chi connectivity index (χ0v) is 10.8. The van der Waals surface area contributed by atoms with Crippen LogP contribution in [0.15, 0.2) is 11.4 Å². The molecule has 2 nitrogen and oxygen atoms in total. The molecule has 0 fully saturated rings. The molecule has 2 atom stereocenters. The van der Waals surface area contributed by atoms with Crippen LogP contribution in [0.5, 0.6) is 0 Å². The number of hydrogen-bond donors (Lipinski definition) is 1. The van der Waals surface area contributed by atoms with Crippen molar-refractivity contribution < 1.29 is 4.79 Å². The Hall–Kier alpha value is -1.27. The molecule has 1 aromatic heterocycles. The molecule has 2 rings (SSSR count). The van der Waals surface area contributed by atoms with E-state index in [1.165, 1.54) is 10.4 Å². The molecule has 0 aromatic carbocycles. The maximum atomic E-state index is 12.2. The lowest BCUT2D eigenvalue weighted by molar-refractivity contribution is -0.123. The van der Waals surface area contributed by atoms with Crippen molar-refractivity contribution in [2.75, 3.05) is 0 Å². The molecule has 17 heavy (non-hydrogen) atoms. The summed E-state index contributed by atoms with van der Waals surface area (Å²) in [7, 11) is 0. The lowest BCUT2D eigenvalue weighted by atomic mass is 9.87. The number of carbonyl (C=O) groups is 1. The Morgan fingerprint density at radius 3 is 3.35 bits per heavy atom. The minimum Gasteiger partial charge on any atom is -0.352 e. The lowest BCUT2D eigenvalue weighted by Crippen LogP contribution is -2.37. The van der Waals surface area contributed by atoms with Crippen molar-refractivity contribution in [1.29, 1.82) is 0 Å². The van der Waals surface area contributed by atoms with Gasteiger partial charge in [0.15, 0.2) is 0 Å². The molecule has 0 spiro atoms. The van der Waals surface area contributed by atoms with Gasteiger partial charge in [-0.15, -0.1) is 23.7 Å². The highest BCUT2D eigenvalue weighted by Crippen LogP contribution is 2.35. The number of hydrogen-bond acceptors (Lipinski definition) is 2. The first kappa shape index (κ1) is 12.2. The van der Waals surface area contributed by atoms with E-state index in [1.54, 1.807) is 11.3 Å². The molecule has 2 unspecified atom stereocenters. The van der Waals surface area contributed by atoms with Gasteiger partial charge in [0.2, 0.25) is 5.91 Å². The van der Waals surface area contributed by atoms with Gasteiger partial charge in [0.05, 0.1) is 5.92 Å². The van der Waals surface area contributed by atoms with Crippen LogP contribution in [0.25, 0.3) is 0 Å². The van der Waals surface area contributed by atoms with Crippen molar-refractivity contribution in [2.24, 2.45) is 0 Å². The summed E-state index contributed by atoms with van der Waals surface area (Å²) in [6, 6.07) is 2.16. The average molecular weight is 247 g/mol. The molecule has 90 valence electrons. The topological polar surface area (TPSA) is 29.1 Å². The standard InChI is InChI=1S/C14H17NOS/c1-3-5-10(2)15-14(16)12-6-4-7-13-11(12)8-9-17-13/h1,8-10,12H,4-7H2,2H3,(H,15,16). The summed E-state index contributed by atoms with van der Waals surface area (Å²) in [5, 5.41) is 5.09. The van der Waals surface area contributed by atoms with Gasteiger partial charge < -0.3 is 5.32 Å². The van der Waals surface area contributed by atoms with Gasteiger partial charge in [-0.25, -0.2) is 0 Å². The van der Waals surface area contributed by atoms with Gasteiger partial charge in [0.1, 0.15) is 0 Å². The van der Waals surface area contributed by atoms with Crippen molar-refractivity contribution in [3.05, 3.63) is 21.9 Å². The monoisotopic (exact) mass is 247 g/mol. The van der Waals surface area contributed by atoms with Crippen LogP contribution in [0.1, 0.15) is 42.5 Å². The van der Waals surface area contributed by atoms with E-state index in [9.17, 15) is 4.79 Å². The fourth-order valence-electron chi connectivity index (χ4n) is 2.33. The van der Waals surface area contributed by atoms with Crippen LogP contribution in [0, 0.1) is 12.3 Å². The first-order chi connectivity index (χ1) is 8.22. The molecule has 0 saturated carbocycles. The maximum Gasteiger partial charge on any atom is 0.227 e. The van der Waals surface area contributed by atoms with Crippen LogP contribution >= 0.6 is 11.3 Å². The maximum absolute atomic E-state index is 12.2. The lowest BCUT2D eigenvalue weighted by Gasteiger charge is -2.23. The van der Waals surface area contributed by atoms with Crippen molar-refractivity contribution in [1.82, 2.24) is 5.32 Å². The molecule has 0 radical (unpaired) electrons. The van der Waals surface area contributed by atoms with E-state index in [0.29, 0.717) is 6.42 Å². The second kappa shape index (κ2) is 5.37. The second-order valence-corrected chi connectivity index (χ2v) is 5.56. The summed E-state index contributed by atoms with van der Waals surface area (Å²) < 4.78 is 0. The predicted octanol–water partition coefficient (Wildman–Crippen LogP) is 2.70. The molecular formula is C14H17NOS. The minimum absolute atomic E-state index is 0.0326. The highest BCUT2D eigenvalue weighted by Gasteiger charge is 2.27. The Bertz CT molecular complexity index is 443. The SMILES string of the molecule is C#CCC(C)NC(=O)C1CCCc2sccc21. The largest absolute Gasteiger partial charge is 0.352 e. The molecule has 1 aliphatic rings. The summed E-state index contributed by atoms with van der Waals surface area (Å²) in [6.07, 6.45) is 9.02. The number of amides is 1. The number of carbonyl (C=O) groups excluding carboxylic acids is 1. The average Bonchev–Trinajstić information content (AvgIpc) is 2.76. The molecule has 1 aliphatic carbocycles. The van der Waals surface area contributed by atoms with E-state index in [2.05, 4.69) is 22.7 Å². The van der Waals surface area contributed by atoms with Crippen molar-refractivity contribution in [3.8, 4) is 12.3 Å². The van der Waals surface area contributed by atoms with E-state index in [4.69, 9.17) is 6.42 Å². The fraction of sp³-hybridized carbons (Fsp3) is 0.500. The number of terminal acetylenes is 1. The number of nitrogens with one attached hydrogen (secondary N) is 1. The Kier molecular flexibility index (Phi) is 3.86. The van der Waals surface area contributed by atoms with Gasteiger partial charge >= 0.3 is 0 Å². The normalized spacial score (nSPS) is 20.1. The van der Waals surface area contributed by atoms with E-state index in [-0.39, 0.29) is 17.9 Å². The minimum atomic E-state index is 0.0326. The highest BCUT2D eigenvalue weighted by molar-refractivity contribution is 7.10. The van der Waals surface area contributed by atoms with Crippen LogP contribution in [0.4, 0.5) is 0 Å². The van der Waals surface area contributed by atoms with E-state index < -0.39 is 0 Å². The van der Waals surface area contributed by atoms with Crippen LogP contribution in [0.3, 0.4) is 0 Å². The van der Waals surface area contributed by atoms with Crippen molar-refractivity contribution >= 4 is 17.2 Å². The number of thiophene rings is 1. The summed E-state index contributed by atoms with van der Waals surface area (Å²) in [6.45, 7) is 1.95. The van der Waals surface area contributed by atoms with E-state index in [0.717, 1.165) is 19.3 Å². The smallest absolute Gasteiger partial charge is 0.227 e. The van der Waals surface area contributed by atoms with Gasteiger partial charge in [-0.05, 0) is 43.2 Å². The molecule has 1 amide bonds. The van der Waals surface area contributed by atoms with E-state index in [1.807, 2.05) is 6.92 Å². The van der Waals surface area contributed by atoms with Gasteiger partial charge in [0.25, 0.3) is 0 Å². The second-order valence-electron chi connectivity index (χ2n) is 4.56. The summed E-state index contributed by atoms with van der Waals surface area (Å²) in [4.78, 5) is 13.5. The molecule has 1 aromatic rings. The summed E-state index contributed by atoms with van der Waals surface area (Å²) >= 11 is 1.76. The predicted molar refractivity (Wildman–Crippen MR) is 71.1 cm³/mol. The van der Waals surface area contributed by atoms with E-state index >= 15 is 0 Å². The number of rotatable bonds is 3. The third-order valence-corrected chi connectivity index (χ3v) is 4.18. The fourth-order valence-corrected chi connectivity index (χ4v) is 3.32. The number of fused-ring (bicyclic) bond motifs is 1. The highest BCUT2D eigenvalue weighted by atomic mass is 32.1. The quantitative estimate of drug-likeness (QED) is 0.818. The van der Waals surface area contributed by atoms with Crippen LogP contribution < -0.4 is 5.32 Å². The Morgan fingerprint density at radius 2 is 2.59 bits per heavy atom. The van der Waals surface area contributed by atoms with Crippen molar-refractivity contribution in [3.63, 3.8) is 0 Å². The molecule has 0 bridgehead atoms. The summed E-state index contributed by atoms with van der Waals surface area (Å²) in [5.74, 6) is 2.74. The first-order valence-corrected chi connectivity index (χ1v) is 6.90. The first-order valence-electron chi connectivity index (χ1n) is 6.02. The van der Waals surface area contributed by atoms with Crippen LogP contribution in [-0.4, -0.2) is 11.9 Å². The van der Waals surface area contributed by atoms with Crippen molar-refractivity contribution in [2.45, 2.75) is 44.6 Å². The Balaban J connectivity index is 2.05. The van der Waals surface area contributed by atoms with Gasteiger partial charge in [0, 0.05) is 17.3 Å². The van der Waals surface area contributed by atoms with Crippen LogP contribution in [0.2, 0.25) is 0 Å². The molecule has 0 saturated heterocycles. The third kappa shape index (κ3) is 2.70. The molecule has 3 heteroatoms. The third-order valence-electron chi connectivity index (χ3n) is 3.18. The Labute approximate surface area is 106 Å². The molecule has 1 heterocycles. The Morgan fingerprint density at radius 1 is 1.76 bits per heavy atom. The zero-order valence-electron chi connectivity index (χ0n) is 10.0. The van der Waals surface area contributed by atoms with Gasteiger partial charge in [-0.2, -0.15) is 0 Å².